The highest BCUT2D eigenvalue weighted by molar-refractivity contribution is 6.30. The monoisotopic (exact) mass is 499 g/mol. The smallest absolute Gasteiger partial charge is 0.335 e. The summed E-state index contributed by atoms with van der Waals surface area (Å²) in [5.74, 6) is -1.15. The van der Waals surface area contributed by atoms with Crippen LogP contribution in [-0.2, 0) is 15.1 Å². The maximum absolute atomic E-state index is 15.4. The maximum atomic E-state index is 15.4. The van der Waals surface area contributed by atoms with Crippen molar-refractivity contribution in [3.63, 3.8) is 0 Å². The third-order valence-electron chi connectivity index (χ3n) is 6.14. The first-order valence-corrected chi connectivity index (χ1v) is 12.1. The molecule has 3 nitrogen and oxygen atoms in total. The van der Waals surface area contributed by atoms with Crippen molar-refractivity contribution in [1.29, 1.82) is 0 Å². The molecule has 1 N–H and O–H groups in total. The van der Waals surface area contributed by atoms with Crippen LogP contribution in [0.2, 0.25) is 5.02 Å². The van der Waals surface area contributed by atoms with Crippen molar-refractivity contribution in [2.45, 2.75) is 18.5 Å². The van der Waals surface area contributed by atoms with E-state index >= 15 is 4.39 Å². The van der Waals surface area contributed by atoms with Crippen LogP contribution in [0.1, 0.15) is 35.2 Å². The number of hydrogen-bond donors (Lipinski definition) is 1. The molecular formula is C31H27ClFNO2. The molecule has 4 aromatic carbocycles. The number of ether oxygens (including phenoxy) is 1. The second-order valence-electron chi connectivity index (χ2n) is 8.34. The molecule has 1 unspecified atom stereocenters. The van der Waals surface area contributed by atoms with E-state index in [1.165, 1.54) is 6.07 Å². The van der Waals surface area contributed by atoms with Crippen LogP contribution in [0.15, 0.2) is 121 Å². The molecule has 0 aliphatic heterocycles. The van der Waals surface area contributed by atoms with Gasteiger partial charge < -0.3 is 4.74 Å². The van der Waals surface area contributed by atoms with Crippen molar-refractivity contribution in [2.24, 2.45) is 0 Å². The van der Waals surface area contributed by atoms with Crippen LogP contribution in [0.5, 0.6) is 0 Å². The van der Waals surface area contributed by atoms with Gasteiger partial charge in [-0.15, -0.1) is 0 Å². The summed E-state index contributed by atoms with van der Waals surface area (Å²) in [6, 6.07) is 33.1. The Morgan fingerprint density at radius 3 is 1.78 bits per heavy atom. The van der Waals surface area contributed by atoms with Crippen molar-refractivity contribution in [3.05, 3.63) is 154 Å². The van der Waals surface area contributed by atoms with E-state index in [0.29, 0.717) is 0 Å². The van der Waals surface area contributed by atoms with E-state index in [-0.39, 0.29) is 22.8 Å². The van der Waals surface area contributed by atoms with Crippen LogP contribution >= 0.6 is 11.6 Å². The Kier molecular flexibility index (Phi) is 7.99. The molecule has 4 aromatic rings. The van der Waals surface area contributed by atoms with Gasteiger partial charge in [-0.25, -0.2) is 9.18 Å². The molecule has 0 saturated heterocycles. The minimum absolute atomic E-state index is 0.0882. The average Bonchev–Trinajstić information content (AvgIpc) is 2.91. The van der Waals surface area contributed by atoms with E-state index in [9.17, 15) is 4.79 Å². The Balaban J connectivity index is 2.00. The summed E-state index contributed by atoms with van der Waals surface area (Å²) in [5.41, 5.74) is 2.11. The van der Waals surface area contributed by atoms with Crippen LogP contribution < -0.4 is 5.32 Å². The fourth-order valence-corrected chi connectivity index (χ4v) is 4.62. The zero-order valence-electron chi connectivity index (χ0n) is 20.0. The molecule has 0 spiro atoms. The van der Waals surface area contributed by atoms with Crippen LogP contribution in [0.4, 0.5) is 4.39 Å². The largest absolute Gasteiger partial charge is 0.463 e. The molecule has 0 aromatic heterocycles. The number of hydrogen-bond acceptors (Lipinski definition) is 3. The molecule has 0 aliphatic carbocycles. The van der Waals surface area contributed by atoms with E-state index in [4.69, 9.17) is 16.3 Å². The van der Waals surface area contributed by atoms with Gasteiger partial charge in [-0.05, 0) is 35.7 Å². The number of carbonyl (C=O) groups excluding carboxylic acids is 1. The summed E-state index contributed by atoms with van der Waals surface area (Å²) >= 11 is 6.06. The molecule has 0 fully saturated rings. The number of carbonyl (C=O) groups is 1. The van der Waals surface area contributed by atoms with E-state index < -0.39 is 23.4 Å². The number of esters is 1. The molecule has 0 aliphatic rings. The normalized spacial score (nSPS) is 12.1. The highest BCUT2D eigenvalue weighted by Gasteiger charge is 2.40. The molecule has 0 bridgehead atoms. The van der Waals surface area contributed by atoms with Crippen molar-refractivity contribution < 1.29 is 13.9 Å². The van der Waals surface area contributed by atoms with Gasteiger partial charge in [-0.2, -0.15) is 0 Å². The fourth-order valence-electron chi connectivity index (χ4n) is 4.46. The van der Waals surface area contributed by atoms with Crippen molar-refractivity contribution in [1.82, 2.24) is 5.32 Å². The number of rotatable bonds is 9. The molecule has 0 heterocycles. The first-order chi connectivity index (χ1) is 17.5. The number of nitrogens with one attached hydrogen (secondary N) is 1. The minimum Gasteiger partial charge on any atom is -0.463 e. The van der Waals surface area contributed by atoms with Crippen LogP contribution in [-0.4, -0.2) is 12.6 Å². The number of benzene rings is 4. The zero-order valence-corrected chi connectivity index (χ0v) is 20.7. The summed E-state index contributed by atoms with van der Waals surface area (Å²) in [4.78, 5) is 12.9. The van der Waals surface area contributed by atoms with Gasteiger partial charge in [-0.3, -0.25) is 5.32 Å². The minimum atomic E-state index is -0.962. The molecular weight excluding hydrogens is 473 g/mol. The van der Waals surface area contributed by atoms with E-state index in [0.717, 1.165) is 16.7 Å². The Morgan fingerprint density at radius 1 is 0.889 bits per heavy atom. The summed E-state index contributed by atoms with van der Waals surface area (Å²) in [7, 11) is 0. The SMILES string of the molecule is C=C(C(=O)OCC)C(NC(c1ccccc1)(c1ccccc1)c1ccccc1)c1ccc(Cl)cc1F. The Morgan fingerprint density at radius 2 is 1.36 bits per heavy atom. The van der Waals surface area contributed by atoms with Crippen LogP contribution in [0.25, 0.3) is 0 Å². The highest BCUT2D eigenvalue weighted by Crippen LogP contribution is 2.41. The Bertz CT molecular complexity index is 1230. The molecule has 4 rings (SSSR count). The van der Waals surface area contributed by atoms with Crippen LogP contribution in [0, 0.1) is 5.82 Å². The lowest BCUT2D eigenvalue weighted by Gasteiger charge is -2.40. The lowest BCUT2D eigenvalue weighted by Crippen LogP contribution is -2.47. The van der Waals surface area contributed by atoms with Crippen molar-refractivity contribution in [3.8, 4) is 0 Å². The molecule has 0 radical (unpaired) electrons. The van der Waals surface area contributed by atoms with E-state index in [1.807, 2.05) is 91.0 Å². The first-order valence-electron chi connectivity index (χ1n) is 11.7. The van der Waals surface area contributed by atoms with Gasteiger partial charge in [0, 0.05) is 10.6 Å². The molecule has 1 atom stereocenters. The maximum Gasteiger partial charge on any atom is 0.335 e. The molecule has 182 valence electrons. The second kappa shape index (κ2) is 11.3. The molecule has 0 amide bonds. The third-order valence-corrected chi connectivity index (χ3v) is 6.38. The van der Waals surface area contributed by atoms with Gasteiger partial charge in [-0.1, -0.05) is 115 Å². The van der Waals surface area contributed by atoms with Crippen molar-refractivity contribution >= 4 is 17.6 Å². The fraction of sp³-hybridized carbons (Fsp3) is 0.129. The van der Waals surface area contributed by atoms with Gasteiger partial charge in [0.2, 0.25) is 0 Å². The lowest BCUT2D eigenvalue weighted by molar-refractivity contribution is -0.138. The van der Waals surface area contributed by atoms with Crippen LogP contribution in [0.3, 0.4) is 0 Å². The summed E-state index contributed by atoms with van der Waals surface area (Å²) in [6.45, 7) is 5.94. The predicted octanol–water partition coefficient (Wildman–Crippen LogP) is 7.22. The number of halogens is 2. The first kappa shape index (κ1) is 25.4. The quantitative estimate of drug-likeness (QED) is 0.150. The van der Waals surface area contributed by atoms with Gasteiger partial charge >= 0.3 is 5.97 Å². The predicted molar refractivity (Wildman–Crippen MR) is 142 cm³/mol. The summed E-state index contributed by atoms with van der Waals surface area (Å²) in [5, 5.41) is 3.91. The topological polar surface area (TPSA) is 38.3 Å². The molecule has 0 saturated carbocycles. The van der Waals surface area contributed by atoms with Gasteiger partial charge in [0.25, 0.3) is 0 Å². The van der Waals surface area contributed by atoms with Gasteiger partial charge in [0.1, 0.15) is 5.82 Å². The van der Waals surface area contributed by atoms with Gasteiger partial charge in [0.15, 0.2) is 0 Å². The molecule has 5 heteroatoms. The third kappa shape index (κ3) is 5.11. The average molecular weight is 500 g/mol. The lowest BCUT2D eigenvalue weighted by atomic mass is 9.75. The summed E-state index contributed by atoms with van der Waals surface area (Å²) < 4.78 is 20.6. The van der Waals surface area contributed by atoms with Gasteiger partial charge in [0.05, 0.1) is 23.8 Å². The Labute approximate surface area is 216 Å². The Hall–Kier alpha value is -3.73. The van der Waals surface area contributed by atoms with Crippen molar-refractivity contribution in [2.75, 3.05) is 6.61 Å². The second-order valence-corrected chi connectivity index (χ2v) is 8.77. The van der Waals surface area contributed by atoms with E-state index in [2.05, 4.69) is 11.9 Å². The zero-order chi connectivity index (χ0) is 25.5. The standard InChI is InChI=1S/C31H27ClFNO2/c1-3-36-30(35)22(2)29(27-20-19-26(32)21-28(27)33)34-31(23-13-7-4-8-14-23,24-15-9-5-10-16-24)25-17-11-6-12-18-25/h4-21,29,34H,2-3H2,1H3. The highest BCUT2D eigenvalue weighted by atomic mass is 35.5. The summed E-state index contributed by atoms with van der Waals surface area (Å²) in [6.07, 6.45) is 0. The molecule has 36 heavy (non-hydrogen) atoms. The van der Waals surface area contributed by atoms with E-state index in [1.54, 1.807) is 19.1 Å².